The maximum atomic E-state index is 11.7. The lowest BCUT2D eigenvalue weighted by molar-refractivity contribution is -0.119. The number of benzene rings is 1. The van der Waals surface area contributed by atoms with Gasteiger partial charge < -0.3 is 20.1 Å². The number of rotatable bonds is 7. The second-order valence-corrected chi connectivity index (χ2v) is 5.20. The van der Waals surface area contributed by atoms with E-state index in [1.807, 2.05) is 0 Å². The Morgan fingerprint density at radius 1 is 1.30 bits per heavy atom. The lowest BCUT2D eigenvalue weighted by atomic mass is 10.2. The summed E-state index contributed by atoms with van der Waals surface area (Å²) in [5.74, 6) is 1.75. The van der Waals surface area contributed by atoms with E-state index in [0.717, 1.165) is 6.54 Å². The van der Waals surface area contributed by atoms with Crippen molar-refractivity contribution >= 4 is 23.2 Å². The van der Waals surface area contributed by atoms with Crippen molar-refractivity contribution in [3.8, 4) is 11.5 Å². The number of amides is 1. The van der Waals surface area contributed by atoms with Crippen molar-refractivity contribution < 1.29 is 14.3 Å². The van der Waals surface area contributed by atoms with Crippen LogP contribution in [-0.2, 0) is 4.79 Å². The van der Waals surface area contributed by atoms with Gasteiger partial charge in [-0.05, 0) is 24.8 Å². The molecule has 1 saturated carbocycles. The van der Waals surface area contributed by atoms with Gasteiger partial charge in [-0.1, -0.05) is 11.6 Å². The van der Waals surface area contributed by atoms with Gasteiger partial charge >= 0.3 is 0 Å². The lowest BCUT2D eigenvalue weighted by Crippen LogP contribution is -2.31. The van der Waals surface area contributed by atoms with Gasteiger partial charge in [0.1, 0.15) is 11.5 Å². The summed E-state index contributed by atoms with van der Waals surface area (Å²) in [6, 6.07) is 3.38. The van der Waals surface area contributed by atoms with Crippen LogP contribution in [0, 0.1) is 5.92 Å². The zero-order valence-corrected chi connectivity index (χ0v) is 12.4. The molecule has 0 aliphatic heterocycles. The van der Waals surface area contributed by atoms with Crippen LogP contribution in [0.2, 0.25) is 5.02 Å². The topological polar surface area (TPSA) is 59.6 Å². The number of carbonyl (C=O) groups is 1. The molecule has 2 rings (SSSR count). The Labute approximate surface area is 123 Å². The van der Waals surface area contributed by atoms with Crippen molar-refractivity contribution in [1.82, 2.24) is 5.32 Å². The highest BCUT2D eigenvalue weighted by atomic mass is 35.5. The third kappa shape index (κ3) is 3.93. The number of carbonyl (C=O) groups excluding carboxylic acids is 1. The Balaban J connectivity index is 1.93. The molecule has 0 bridgehead atoms. The average molecular weight is 299 g/mol. The second kappa shape index (κ2) is 6.70. The van der Waals surface area contributed by atoms with Crippen LogP contribution < -0.4 is 20.1 Å². The van der Waals surface area contributed by atoms with Crippen molar-refractivity contribution in [2.24, 2.45) is 5.92 Å². The van der Waals surface area contributed by atoms with Gasteiger partial charge in [0.2, 0.25) is 5.91 Å². The summed E-state index contributed by atoms with van der Waals surface area (Å²) < 4.78 is 10.4. The predicted molar refractivity (Wildman–Crippen MR) is 78.8 cm³/mol. The molecule has 1 fully saturated rings. The second-order valence-electron chi connectivity index (χ2n) is 4.79. The van der Waals surface area contributed by atoms with Gasteiger partial charge in [0.25, 0.3) is 0 Å². The molecule has 0 heterocycles. The van der Waals surface area contributed by atoms with E-state index < -0.39 is 0 Å². The first-order valence-corrected chi connectivity index (χ1v) is 6.94. The van der Waals surface area contributed by atoms with Crippen molar-refractivity contribution in [3.05, 3.63) is 17.2 Å². The molecule has 0 aromatic heterocycles. The van der Waals surface area contributed by atoms with E-state index in [9.17, 15) is 4.79 Å². The molecule has 1 aromatic carbocycles. The summed E-state index contributed by atoms with van der Waals surface area (Å²) in [5.41, 5.74) is 0.667. The third-order valence-corrected chi connectivity index (χ3v) is 3.49. The van der Waals surface area contributed by atoms with Crippen LogP contribution in [0.25, 0.3) is 0 Å². The molecule has 1 aromatic rings. The molecule has 0 spiro atoms. The fourth-order valence-corrected chi connectivity index (χ4v) is 2.06. The standard InChI is InChI=1S/C14H19ClN2O3/c1-19-12-6-13(20-2)11(5-10(12)15)16-8-14(18)17-7-9-3-4-9/h5-6,9,16H,3-4,7-8H2,1-2H3,(H,17,18). The zero-order chi connectivity index (χ0) is 14.5. The van der Waals surface area contributed by atoms with Crippen molar-refractivity contribution in [2.45, 2.75) is 12.8 Å². The van der Waals surface area contributed by atoms with E-state index in [0.29, 0.717) is 28.1 Å². The van der Waals surface area contributed by atoms with Crippen LogP contribution in [0.3, 0.4) is 0 Å². The van der Waals surface area contributed by atoms with Crippen LogP contribution in [0.1, 0.15) is 12.8 Å². The third-order valence-electron chi connectivity index (χ3n) is 3.20. The first-order valence-electron chi connectivity index (χ1n) is 6.56. The molecule has 20 heavy (non-hydrogen) atoms. The molecule has 1 aliphatic carbocycles. The average Bonchev–Trinajstić information content (AvgIpc) is 3.27. The molecular formula is C14H19ClN2O3. The zero-order valence-electron chi connectivity index (χ0n) is 11.7. The molecule has 6 heteroatoms. The number of halogens is 1. The van der Waals surface area contributed by atoms with Gasteiger partial charge in [-0.2, -0.15) is 0 Å². The number of anilines is 1. The molecule has 5 nitrogen and oxygen atoms in total. The first kappa shape index (κ1) is 14.8. The van der Waals surface area contributed by atoms with Gasteiger partial charge in [-0.3, -0.25) is 4.79 Å². The SMILES string of the molecule is COc1cc(OC)c(NCC(=O)NCC2CC2)cc1Cl. The fourth-order valence-electron chi connectivity index (χ4n) is 1.82. The van der Waals surface area contributed by atoms with Crippen LogP contribution >= 0.6 is 11.6 Å². The Morgan fingerprint density at radius 2 is 2.00 bits per heavy atom. The summed E-state index contributed by atoms with van der Waals surface area (Å²) in [7, 11) is 3.10. The van der Waals surface area contributed by atoms with Gasteiger partial charge in [-0.15, -0.1) is 0 Å². The largest absolute Gasteiger partial charge is 0.495 e. The summed E-state index contributed by atoms with van der Waals surface area (Å²) in [6.07, 6.45) is 2.44. The highest BCUT2D eigenvalue weighted by molar-refractivity contribution is 6.32. The minimum Gasteiger partial charge on any atom is -0.495 e. The summed E-state index contributed by atoms with van der Waals surface area (Å²) in [4.78, 5) is 11.7. The van der Waals surface area contributed by atoms with E-state index in [4.69, 9.17) is 21.1 Å². The quantitative estimate of drug-likeness (QED) is 0.811. The number of methoxy groups -OCH3 is 2. The van der Waals surface area contributed by atoms with Crippen LogP contribution in [0.15, 0.2) is 12.1 Å². The maximum Gasteiger partial charge on any atom is 0.239 e. The summed E-state index contributed by atoms with van der Waals surface area (Å²) >= 11 is 6.06. The number of nitrogens with one attached hydrogen (secondary N) is 2. The Kier molecular flexibility index (Phi) is 4.95. The maximum absolute atomic E-state index is 11.7. The Hall–Kier alpha value is -1.62. The molecule has 110 valence electrons. The molecule has 0 saturated heterocycles. The van der Waals surface area contributed by atoms with Gasteiger partial charge in [0, 0.05) is 12.6 Å². The number of ether oxygens (including phenoxy) is 2. The highest BCUT2D eigenvalue weighted by Crippen LogP contribution is 2.35. The number of hydrogen-bond acceptors (Lipinski definition) is 4. The van der Waals surface area contributed by atoms with Gasteiger partial charge in [0.05, 0.1) is 31.5 Å². The van der Waals surface area contributed by atoms with Gasteiger partial charge in [0.15, 0.2) is 0 Å². The molecule has 2 N–H and O–H groups in total. The number of hydrogen-bond donors (Lipinski definition) is 2. The van der Waals surface area contributed by atoms with E-state index in [-0.39, 0.29) is 12.5 Å². The highest BCUT2D eigenvalue weighted by Gasteiger charge is 2.21. The Bertz CT molecular complexity index is 490. The first-order chi connectivity index (χ1) is 9.63. The predicted octanol–water partition coefficient (Wildman–Crippen LogP) is 2.30. The van der Waals surface area contributed by atoms with E-state index in [2.05, 4.69) is 10.6 Å². The lowest BCUT2D eigenvalue weighted by Gasteiger charge is -2.13. The van der Waals surface area contributed by atoms with E-state index in [1.165, 1.54) is 12.8 Å². The van der Waals surface area contributed by atoms with Gasteiger partial charge in [-0.25, -0.2) is 0 Å². The van der Waals surface area contributed by atoms with E-state index in [1.54, 1.807) is 26.4 Å². The molecule has 0 atom stereocenters. The van der Waals surface area contributed by atoms with E-state index >= 15 is 0 Å². The van der Waals surface area contributed by atoms with Crippen LogP contribution in [-0.4, -0.2) is 33.2 Å². The Morgan fingerprint density at radius 3 is 2.60 bits per heavy atom. The molecule has 0 unspecified atom stereocenters. The molecule has 1 amide bonds. The van der Waals surface area contributed by atoms with Crippen molar-refractivity contribution in [2.75, 3.05) is 32.6 Å². The van der Waals surface area contributed by atoms with Crippen molar-refractivity contribution in [3.63, 3.8) is 0 Å². The minimum absolute atomic E-state index is 0.0362. The molecular weight excluding hydrogens is 280 g/mol. The molecule has 1 aliphatic rings. The fraction of sp³-hybridized carbons (Fsp3) is 0.500. The monoisotopic (exact) mass is 298 g/mol. The normalized spacial score (nSPS) is 13.8. The van der Waals surface area contributed by atoms with Crippen molar-refractivity contribution in [1.29, 1.82) is 0 Å². The summed E-state index contributed by atoms with van der Waals surface area (Å²) in [6.45, 7) is 0.951. The minimum atomic E-state index is -0.0362. The summed E-state index contributed by atoms with van der Waals surface area (Å²) in [5, 5.41) is 6.38. The van der Waals surface area contributed by atoms with Crippen LogP contribution in [0.4, 0.5) is 5.69 Å². The molecule has 0 radical (unpaired) electrons. The smallest absolute Gasteiger partial charge is 0.239 e. The van der Waals surface area contributed by atoms with Crippen LogP contribution in [0.5, 0.6) is 11.5 Å².